The summed E-state index contributed by atoms with van der Waals surface area (Å²) in [5.74, 6) is -0.176. The summed E-state index contributed by atoms with van der Waals surface area (Å²) in [4.78, 5) is 17.9. The molecule has 3 nitrogen and oxygen atoms in total. The van der Waals surface area contributed by atoms with Crippen LogP contribution in [0.3, 0.4) is 0 Å². The largest absolute Gasteiger partial charge is 0.322 e. The Balaban J connectivity index is 1.82. The lowest BCUT2D eigenvalue weighted by molar-refractivity contribution is 0.102. The Bertz CT molecular complexity index is 798. The van der Waals surface area contributed by atoms with E-state index in [4.69, 9.17) is 11.6 Å². The Morgan fingerprint density at radius 1 is 1.14 bits per heavy atom. The molecule has 0 atom stereocenters. The number of hydrogen-bond donors (Lipinski definition) is 1. The van der Waals surface area contributed by atoms with Gasteiger partial charge in [-0.05, 0) is 54.8 Å². The third-order valence-corrected chi connectivity index (χ3v) is 4.35. The van der Waals surface area contributed by atoms with Gasteiger partial charge in [-0.1, -0.05) is 17.7 Å². The van der Waals surface area contributed by atoms with Crippen LogP contribution in [0.4, 0.5) is 5.69 Å². The van der Waals surface area contributed by atoms with Crippen LogP contribution in [-0.4, -0.2) is 10.9 Å². The minimum atomic E-state index is -0.176. The van der Waals surface area contributed by atoms with Gasteiger partial charge in [0.25, 0.3) is 5.91 Å². The number of hydrogen-bond acceptors (Lipinski definition) is 3. The lowest BCUT2D eigenvalue weighted by atomic mass is 10.1. The zero-order valence-corrected chi connectivity index (χ0v) is 13.4. The maximum Gasteiger partial charge on any atom is 0.257 e. The molecule has 0 spiro atoms. The summed E-state index contributed by atoms with van der Waals surface area (Å²) in [6.45, 7) is 1.84. The van der Waals surface area contributed by atoms with E-state index < -0.39 is 0 Å². The van der Waals surface area contributed by atoms with Crippen LogP contribution in [0, 0.1) is 6.92 Å². The first kappa shape index (κ1) is 14.8. The van der Waals surface area contributed by atoms with Crippen molar-refractivity contribution in [2.45, 2.75) is 6.92 Å². The van der Waals surface area contributed by atoms with Crippen molar-refractivity contribution in [2.24, 2.45) is 0 Å². The highest BCUT2D eigenvalue weighted by Gasteiger charge is 2.12. The minimum absolute atomic E-state index is 0.176. The average molecular weight is 329 g/mol. The Kier molecular flexibility index (Phi) is 4.22. The molecule has 0 saturated carbocycles. The fourth-order valence-electron chi connectivity index (χ4n) is 2.09. The Hall–Kier alpha value is -2.17. The summed E-state index contributed by atoms with van der Waals surface area (Å²) in [7, 11) is 0. The van der Waals surface area contributed by atoms with Gasteiger partial charge in [0.15, 0.2) is 0 Å². The molecule has 0 saturated heterocycles. The molecule has 5 heteroatoms. The second-order valence-electron chi connectivity index (χ2n) is 4.77. The molecule has 3 rings (SSSR count). The van der Waals surface area contributed by atoms with Gasteiger partial charge in [-0.2, -0.15) is 0 Å². The molecule has 0 aliphatic rings. The first-order chi connectivity index (χ1) is 10.6. The molecule has 3 aromatic rings. The number of benzene rings is 1. The van der Waals surface area contributed by atoms with E-state index in [0.717, 1.165) is 10.6 Å². The third kappa shape index (κ3) is 3.18. The van der Waals surface area contributed by atoms with Crippen LogP contribution >= 0.6 is 22.9 Å². The number of aryl methyl sites for hydroxylation is 1. The van der Waals surface area contributed by atoms with Crippen LogP contribution in [0.5, 0.6) is 0 Å². The van der Waals surface area contributed by atoms with Crippen molar-refractivity contribution in [2.75, 3.05) is 5.32 Å². The quantitative estimate of drug-likeness (QED) is 0.733. The number of amides is 1. The molecule has 1 aromatic carbocycles. The lowest BCUT2D eigenvalue weighted by Crippen LogP contribution is -2.14. The van der Waals surface area contributed by atoms with Crippen LogP contribution in [0.15, 0.2) is 53.9 Å². The smallest absolute Gasteiger partial charge is 0.257 e. The number of halogens is 1. The van der Waals surface area contributed by atoms with E-state index in [0.29, 0.717) is 22.0 Å². The van der Waals surface area contributed by atoms with E-state index in [-0.39, 0.29) is 5.91 Å². The van der Waals surface area contributed by atoms with Gasteiger partial charge in [0.1, 0.15) is 0 Å². The molecule has 0 unspecified atom stereocenters. The SMILES string of the molecule is Cc1nc(-c2cccs2)ccc1C(=O)Nc1ccc(Cl)cc1. The molecule has 110 valence electrons. The standard InChI is InChI=1S/C17H13ClN2OS/c1-11-14(8-9-15(19-11)16-3-2-10-22-16)17(21)20-13-6-4-12(18)5-7-13/h2-10H,1H3,(H,20,21). The number of nitrogens with zero attached hydrogens (tertiary/aromatic N) is 1. The summed E-state index contributed by atoms with van der Waals surface area (Å²) in [6.07, 6.45) is 0. The van der Waals surface area contributed by atoms with Crippen molar-refractivity contribution < 1.29 is 4.79 Å². The molecule has 1 N–H and O–H groups in total. The summed E-state index contributed by atoms with van der Waals surface area (Å²) >= 11 is 7.46. The van der Waals surface area contributed by atoms with Crippen molar-refractivity contribution in [3.05, 3.63) is 70.2 Å². The van der Waals surface area contributed by atoms with E-state index in [9.17, 15) is 4.79 Å². The van der Waals surface area contributed by atoms with Gasteiger partial charge in [-0.15, -0.1) is 11.3 Å². The number of nitrogens with one attached hydrogen (secondary N) is 1. The first-order valence-corrected chi connectivity index (χ1v) is 7.98. The van der Waals surface area contributed by atoms with Crippen LogP contribution < -0.4 is 5.32 Å². The van der Waals surface area contributed by atoms with Crippen molar-refractivity contribution in [3.63, 3.8) is 0 Å². The van der Waals surface area contributed by atoms with Crippen molar-refractivity contribution in [1.29, 1.82) is 0 Å². The van der Waals surface area contributed by atoms with E-state index in [1.54, 1.807) is 35.6 Å². The van der Waals surface area contributed by atoms with Gasteiger partial charge in [-0.25, -0.2) is 0 Å². The molecule has 0 aliphatic heterocycles. The number of rotatable bonds is 3. The molecule has 0 radical (unpaired) electrons. The number of pyridine rings is 1. The summed E-state index contributed by atoms with van der Waals surface area (Å²) < 4.78 is 0. The molecular formula is C17H13ClN2OS. The van der Waals surface area contributed by atoms with Gasteiger partial charge >= 0.3 is 0 Å². The van der Waals surface area contributed by atoms with Gasteiger partial charge in [0, 0.05) is 10.7 Å². The number of aromatic nitrogens is 1. The van der Waals surface area contributed by atoms with E-state index >= 15 is 0 Å². The molecule has 0 aliphatic carbocycles. The van der Waals surface area contributed by atoms with Crippen LogP contribution in [0.1, 0.15) is 16.1 Å². The molecule has 2 aromatic heterocycles. The van der Waals surface area contributed by atoms with Crippen LogP contribution in [0.2, 0.25) is 5.02 Å². The van der Waals surface area contributed by atoms with Gasteiger partial charge < -0.3 is 5.32 Å². The molecule has 0 bridgehead atoms. The zero-order valence-electron chi connectivity index (χ0n) is 11.8. The Labute approximate surface area is 137 Å². The monoisotopic (exact) mass is 328 g/mol. The molecule has 2 heterocycles. The number of carbonyl (C=O) groups excluding carboxylic acids is 1. The third-order valence-electron chi connectivity index (χ3n) is 3.21. The summed E-state index contributed by atoms with van der Waals surface area (Å²) in [5, 5.41) is 5.49. The minimum Gasteiger partial charge on any atom is -0.322 e. The lowest BCUT2D eigenvalue weighted by Gasteiger charge is -2.08. The predicted molar refractivity (Wildman–Crippen MR) is 91.7 cm³/mol. The van der Waals surface area contributed by atoms with Crippen molar-refractivity contribution in [3.8, 4) is 10.6 Å². The van der Waals surface area contributed by atoms with Gasteiger partial charge in [0.05, 0.1) is 21.8 Å². The Morgan fingerprint density at radius 3 is 2.55 bits per heavy atom. The Morgan fingerprint density at radius 2 is 1.91 bits per heavy atom. The topological polar surface area (TPSA) is 42.0 Å². The van der Waals surface area contributed by atoms with Gasteiger partial charge in [-0.3, -0.25) is 9.78 Å². The zero-order chi connectivity index (χ0) is 15.5. The molecule has 22 heavy (non-hydrogen) atoms. The fourth-order valence-corrected chi connectivity index (χ4v) is 2.92. The number of thiophene rings is 1. The number of carbonyl (C=O) groups is 1. The second kappa shape index (κ2) is 6.30. The maximum absolute atomic E-state index is 12.3. The highest BCUT2D eigenvalue weighted by atomic mass is 35.5. The molecular weight excluding hydrogens is 316 g/mol. The number of anilines is 1. The van der Waals surface area contributed by atoms with Crippen LogP contribution in [0.25, 0.3) is 10.6 Å². The van der Waals surface area contributed by atoms with E-state index in [1.165, 1.54) is 0 Å². The second-order valence-corrected chi connectivity index (χ2v) is 6.15. The maximum atomic E-state index is 12.3. The summed E-state index contributed by atoms with van der Waals surface area (Å²) in [5.41, 5.74) is 2.86. The van der Waals surface area contributed by atoms with Crippen molar-refractivity contribution >= 4 is 34.5 Å². The highest BCUT2D eigenvalue weighted by molar-refractivity contribution is 7.13. The highest BCUT2D eigenvalue weighted by Crippen LogP contribution is 2.24. The van der Waals surface area contributed by atoms with Crippen LogP contribution in [-0.2, 0) is 0 Å². The summed E-state index contributed by atoms with van der Waals surface area (Å²) in [6, 6.07) is 14.7. The van der Waals surface area contributed by atoms with E-state index in [2.05, 4.69) is 10.3 Å². The molecule has 0 fully saturated rings. The fraction of sp³-hybridized carbons (Fsp3) is 0.0588. The van der Waals surface area contributed by atoms with Crippen molar-refractivity contribution in [1.82, 2.24) is 4.98 Å². The average Bonchev–Trinajstić information content (AvgIpc) is 3.03. The normalized spacial score (nSPS) is 10.5. The molecule has 1 amide bonds. The van der Waals surface area contributed by atoms with E-state index in [1.807, 2.05) is 36.6 Å². The first-order valence-electron chi connectivity index (χ1n) is 6.72. The van der Waals surface area contributed by atoms with Gasteiger partial charge in [0.2, 0.25) is 0 Å². The predicted octanol–water partition coefficient (Wildman–Crippen LogP) is 5.02.